The summed E-state index contributed by atoms with van der Waals surface area (Å²) >= 11 is 0. The Bertz CT molecular complexity index is 95.1. The lowest BCUT2D eigenvalue weighted by Gasteiger charge is -1.75. The van der Waals surface area contributed by atoms with Crippen LogP contribution in [0.2, 0.25) is 0 Å². The van der Waals surface area contributed by atoms with Crippen molar-refractivity contribution in [1.29, 1.82) is 0 Å². The van der Waals surface area contributed by atoms with Crippen molar-refractivity contribution in [3.63, 3.8) is 0 Å². The molecule has 0 aliphatic heterocycles. The van der Waals surface area contributed by atoms with Gasteiger partial charge < -0.3 is 5.11 Å². The molecular weight excluding hydrogens is 116 g/mol. The fourth-order valence-electron chi connectivity index (χ4n) is 0.123. The second kappa shape index (κ2) is 10.0. The van der Waals surface area contributed by atoms with Gasteiger partial charge in [0.05, 0.1) is 6.42 Å². The summed E-state index contributed by atoms with van der Waals surface area (Å²) in [7, 11) is 0. The van der Waals surface area contributed by atoms with Crippen molar-refractivity contribution in [2.75, 3.05) is 0 Å². The Morgan fingerprint density at radius 2 is 2.00 bits per heavy atom. The van der Waals surface area contributed by atoms with E-state index in [2.05, 4.69) is 13.2 Å². The van der Waals surface area contributed by atoms with Crippen molar-refractivity contribution >= 4 is 5.97 Å². The molecule has 0 unspecified atom stereocenters. The lowest BCUT2D eigenvalue weighted by atomic mass is 10.4. The normalized spacial score (nSPS) is 6.33. The van der Waals surface area contributed by atoms with Crippen LogP contribution in [-0.4, -0.2) is 11.1 Å². The van der Waals surface area contributed by atoms with Gasteiger partial charge in [0.25, 0.3) is 0 Å². The minimum atomic E-state index is -0.829. The zero-order valence-corrected chi connectivity index (χ0v) is 5.63. The van der Waals surface area contributed by atoms with E-state index in [1.807, 2.05) is 6.92 Å². The molecule has 0 aromatic carbocycles. The second-order valence-corrected chi connectivity index (χ2v) is 1.29. The molecule has 2 heteroatoms. The first-order valence-corrected chi connectivity index (χ1v) is 2.58. The molecule has 0 amide bonds. The van der Waals surface area contributed by atoms with Crippen LogP contribution in [0.5, 0.6) is 0 Å². The third-order valence-electron chi connectivity index (χ3n) is 0.319. The highest BCUT2D eigenvalue weighted by molar-refractivity contribution is 5.68. The summed E-state index contributed by atoms with van der Waals surface area (Å²) in [5.74, 6) is -0.829. The van der Waals surface area contributed by atoms with Gasteiger partial charge in [0.15, 0.2) is 0 Å². The summed E-state index contributed by atoms with van der Waals surface area (Å²) < 4.78 is 0. The SMILES string of the molecule is C=CC.C=CCC(=O)O. The number of carbonyl (C=O) groups is 1. The Hall–Kier alpha value is -1.05. The predicted octanol–water partition coefficient (Wildman–Crippen LogP) is 1.84. The Kier molecular flexibility index (Phi) is 12.1. The van der Waals surface area contributed by atoms with Crippen LogP contribution in [-0.2, 0) is 4.79 Å². The Labute approximate surface area is 55.5 Å². The molecule has 0 saturated carbocycles. The van der Waals surface area contributed by atoms with E-state index >= 15 is 0 Å². The summed E-state index contributed by atoms with van der Waals surface area (Å²) in [6, 6.07) is 0. The van der Waals surface area contributed by atoms with Gasteiger partial charge in [0, 0.05) is 0 Å². The van der Waals surface area contributed by atoms with Crippen LogP contribution in [0.1, 0.15) is 13.3 Å². The molecule has 0 bridgehead atoms. The van der Waals surface area contributed by atoms with Crippen LogP contribution in [0.4, 0.5) is 0 Å². The van der Waals surface area contributed by atoms with E-state index in [0.717, 1.165) is 0 Å². The third kappa shape index (κ3) is 44.8. The highest BCUT2D eigenvalue weighted by Crippen LogP contribution is 1.74. The molecule has 0 aliphatic rings. The van der Waals surface area contributed by atoms with Gasteiger partial charge in [-0.3, -0.25) is 4.79 Å². The number of hydrogen-bond acceptors (Lipinski definition) is 1. The summed E-state index contributed by atoms with van der Waals surface area (Å²) in [5, 5.41) is 7.84. The van der Waals surface area contributed by atoms with Crippen LogP contribution in [0, 0.1) is 0 Å². The van der Waals surface area contributed by atoms with Crippen molar-refractivity contribution in [3.8, 4) is 0 Å². The number of allylic oxidation sites excluding steroid dienone is 1. The summed E-state index contributed by atoms with van der Waals surface area (Å²) in [5.41, 5.74) is 0. The fraction of sp³-hybridized carbons (Fsp3) is 0.286. The first-order chi connectivity index (χ1) is 4.18. The smallest absolute Gasteiger partial charge is 0.307 e. The Morgan fingerprint density at radius 1 is 1.67 bits per heavy atom. The minimum Gasteiger partial charge on any atom is -0.481 e. The average Bonchev–Trinajstić information content (AvgIpc) is 1.67. The van der Waals surface area contributed by atoms with Gasteiger partial charge in [-0.25, -0.2) is 0 Å². The van der Waals surface area contributed by atoms with Crippen molar-refractivity contribution in [2.45, 2.75) is 13.3 Å². The maximum atomic E-state index is 9.53. The molecular formula is C7H12O2. The van der Waals surface area contributed by atoms with E-state index < -0.39 is 5.97 Å². The first kappa shape index (κ1) is 10.8. The molecule has 0 radical (unpaired) electrons. The molecule has 0 spiro atoms. The molecule has 0 saturated heterocycles. The van der Waals surface area contributed by atoms with Crippen LogP contribution in [0.3, 0.4) is 0 Å². The Morgan fingerprint density at radius 3 is 2.00 bits per heavy atom. The molecule has 0 aromatic rings. The highest BCUT2D eigenvalue weighted by Gasteiger charge is 1.84. The largest absolute Gasteiger partial charge is 0.481 e. The number of carboxylic acid groups (broad SMARTS) is 1. The number of rotatable bonds is 2. The molecule has 0 heterocycles. The maximum absolute atomic E-state index is 9.53. The molecule has 0 rings (SSSR count). The van der Waals surface area contributed by atoms with Crippen LogP contribution in [0.25, 0.3) is 0 Å². The summed E-state index contributed by atoms with van der Waals surface area (Å²) in [6.07, 6.45) is 3.16. The number of carboxylic acids is 1. The van der Waals surface area contributed by atoms with E-state index in [1.165, 1.54) is 6.08 Å². The summed E-state index contributed by atoms with van der Waals surface area (Å²) in [4.78, 5) is 9.53. The minimum absolute atomic E-state index is 0.0556. The van der Waals surface area contributed by atoms with Crippen molar-refractivity contribution in [1.82, 2.24) is 0 Å². The van der Waals surface area contributed by atoms with Crippen LogP contribution < -0.4 is 0 Å². The second-order valence-electron chi connectivity index (χ2n) is 1.29. The standard InChI is InChI=1S/C4H6O2.C3H6/c1-2-3-4(5)6;1-3-2/h2H,1,3H2,(H,5,6);3H,1H2,2H3. The van der Waals surface area contributed by atoms with Crippen LogP contribution >= 0.6 is 0 Å². The molecule has 0 aliphatic carbocycles. The fourth-order valence-corrected chi connectivity index (χ4v) is 0.123. The van der Waals surface area contributed by atoms with Gasteiger partial charge in [-0.05, 0) is 6.92 Å². The van der Waals surface area contributed by atoms with Gasteiger partial charge in [-0.2, -0.15) is 0 Å². The lowest BCUT2D eigenvalue weighted by Crippen LogP contribution is -1.88. The van der Waals surface area contributed by atoms with Gasteiger partial charge in [-0.1, -0.05) is 12.2 Å². The highest BCUT2D eigenvalue weighted by atomic mass is 16.4. The summed E-state index contributed by atoms with van der Waals surface area (Å²) in [6.45, 7) is 8.47. The van der Waals surface area contributed by atoms with E-state index in [4.69, 9.17) is 5.11 Å². The van der Waals surface area contributed by atoms with E-state index in [0.29, 0.717) is 0 Å². The Balaban J connectivity index is 0. The van der Waals surface area contributed by atoms with E-state index in [-0.39, 0.29) is 6.42 Å². The zero-order chi connectivity index (χ0) is 7.70. The monoisotopic (exact) mass is 128 g/mol. The maximum Gasteiger partial charge on any atom is 0.307 e. The van der Waals surface area contributed by atoms with Crippen LogP contribution in [0.15, 0.2) is 25.3 Å². The van der Waals surface area contributed by atoms with Crippen molar-refractivity contribution in [2.24, 2.45) is 0 Å². The van der Waals surface area contributed by atoms with Gasteiger partial charge >= 0.3 is 5.97 Å². The number of aliphatic carboxylic acids is 1. The van der Waals surface area contributed by atoms with Crippen molar-refractivity contribution < 1.29 is 9.90 Å². The molecule has 0 atom stereocenters. The predicted molar refractivity (Wildman–Crippen MR) is 38.3 cm³/mol. The quantitative estimate of drug-likeness (QED) is 0.576. The van der Waals surface area contributed by atoms with E-state index in [1.54, 1.807) is 6.08 Å². The number of hydrogen-bond donors (Lipinski definition) is 1. The molecule has 0 aromatic heterocycles. The average molecular weight is 128 g/mol. The van der Waals surface area contributed by atoms with Gasteiger partial charge in [0.2, 0.25) is 0 Å². The molecule has 9 heavy (non-hydrogen) atoms. The van der Waals surface area contributed by atoms with Gasteiger partial charge in [-0.15, -0.1) is 13.2 Å². The molecule has 52 valence electrons. The van der Waals surface area contributed by atoms with Gasteiger partial charge in [0.1, 0.15) is 0 Å². The lowest BCUT2D eigenvalue weighted by molar-refractivity contribution is -0.135. The van der Waals surface area contributed by atoms with Crippen molar-refractivity contribution in [3.05, 3.63) is 25.3 Å². The molecule has 0 fully saturated rings. The molecule has 2 nitrogen and oxygen atoms in total. The zero-order valence-electron chi connectivity index (χ0n) is 5.63. The molecule has 1 N–H and O–H groups in total. The topological polar surface area (TPSA) is 37.3 Å². The first-order valence-electron chi connectivity index (χ1n) is 2.58. The third-order valence-corrected chi connectivity index (χ3v) is 0.319. The van der Waals surface area contributed by atoms with E-state index in [9.17, 15) is 4.79 Å².